The van der Waals surface area contributed by atoms with Crippen molar-refractivity contribution in [3.63, 3.8) is 0 Å². The number of unbranched alkanes of at least 4 members (excludes halogenated alkanes) is 4. The van der Waals surface area contributed by atoms with Gasteiger partial charge in [-0.05, 0) is 84.3 Å². The first-order valence-corrected chi connectivity index (χ1v) is 25.8. The van der Waals surface area contributed by atoms with E-state index in [-0.39, 0.29) is 66.6 Å². The van der Waals surface area contributed by atoms with E-state index in [1.54, 1.807) is 45.9 Å². The second-order valence-electron chi connectivity index (χ2n) is 19.2. The maximum Gasteiger partial charge on any atom is 0.329 e. The van der Waals surface area contributed by atoms with E-state index >= 15 is 0 Å². The molecule has 0 bridgehead atoms. The standard InChI is InChI=1S/C50H74N4O9Si/c1-11-12-13-14-15-16-17-18-43(57)51-40(29-35-19-24-38(55)25-20-35)47(59)54-45(33(2)3)42(56)31-37-23-28-44(58)53-46(34(4)5)48(60)52-41(49(61)62-32-37)30-36-21-26-39(27-22-36)63-64(9,10)50(6,7)8/h16-17,19-28,33-34,37,40-41,45-46,55H,11-15,18,29-32H2,1-10H3,(H,51,57)(H,52,60)(H,53,58)(H,54,59)/b17-16-,28-23+/t37-,40-,41-,45-,46-/m0/s1. The molecule has 0 radical (unpaired) electrons. The second kappa shape index (κ2) is 25.3. The van der Waals surface area contributed by atoms with Crippen LogP contribution < -0.4 is 25.7 Å². The van der Waals surface area contributed by atoms with Crippen molar-refractivity contribution in [1.29, 1.82) is 0 Å². The normalized spacial score (nSPS) is 19.1. The summed E-state index contributed by atoms with van der Waals surface area (Å²) < 4.78 is 12.2. The van der Waals surface area contributed by atoms with Crippen LogP contribution in [0.4, 0.5) is 0 Å². The first kappa shape index (κ1) is 53.1. The zero-order valence-electron chi connectivity index (χ0n) is 39.8. The van der Waals surface area contributed by atoms with Gasteiger partial charge in [0.05, 0.1) is 12.6 Å². The molecular weight excluding hydrogens is 829 g/mol. The van der Waals surface area contributed by atoms with Gasteiger partial charge in [-0.2, -0.15) is 0 Å². The Morgan fingerprint density at radius 1 is 0.906 bits per heavy atom. The Morgan fingerprint density at radius 3 is 2.17 bits per heavy atom. The van der Waals surface area contributed by atoms with Crippen LogP contribution in [0.5, 0.6) is 11.5 Å². The van der Waals surface area contributed by atoms with Crippen LogP contribution in [-0.4, -0.2) is 79.6 Å². The van der Waals surface area contributed by atoms with Crippen LogP contribution >= 0.6 is 0 Å². The van der Waals surface area contributed by atoms with Crippen LogP contribution in [0.2, 0.25) is 18.1 Å². The van der Waals surface area contributed by atoms with Crippen molar-refractivity contribution in [2.45, 2.75) is 155 Å². The molecule has 0 fully saturated rings. The van der Waals surface area contributed by atoms with E-state index in [4.69, 9.17) is 9.16 Å². The Kier molecular flexibility index (Phi) is 21.0. The number of cyclic esters (lactones) is 1. The summed E-state index contributed by atoms with van der Waals surface area (Å²) in [5, 5.41) is 21.1. The minimum absolute atomic E-state index is 0.000951. The molecule has 0 aromatic heterocycles. The molecule has 352 valence electrons. The molecule has 1 heterocycles. The Bertz CT molecular complexity index is 1920. The maximum absolute atomic E-state index is 14.1. The minimum atomic E-state index is -2.10. The quantitative estimate of drug-likeness (QED) is 0.0368. The average Bonchev–Trinajstić information content (AvgIpc) is 3.22. The number of benzene rings is 2. The summed E-state index contributed by atoms with van der Waals surface area (Å²) in [5.41, 5.74) is 1.44. The van der Waals surface area contributed by atoms with E-state index < -0.39 is 62.1 Å². The smallest absolute Gasteiger partial charge is 0.329 e. The maximum atomic E-state index is 14.1. The van der Waals surface area contributed by atoms with Crippen LogP contribution in [-0.2, 0) is 46.3 Å². The lowest BCUT2D eigenvalue weighted by Gasteiger charge is -2.36. The predicted molar refractivity (Wildman–Crippen MR) is 253 cm³/mol. The first-order chi connectivity index (χ1) is 30.1. The summed E-state index contributed by atoms with van der Waals surface area (Å²) in [6.07, 6.45) is 11.9. The molecule has 0 unspecified atom stereocenters. The lowest BCUT2D eigenvalue weighted by Crippen LogP contribution is -2.54. The van der Waals surface area contributed by atoms with E-state index in [0.717, 1.165) is 37.7 Å². The number of Topliss-reactive ketones (excluding diaryl/α,β-unsaturated/α-hetero) is 1. The third kappa shape index (κ3) is 17.7. The highest BCUT2D eigenvalue weighted by molar-refractivity contribution is 6.74. The highest BCUT2D eigenvalue weighted by Crippen LogP contribution is 2.37. The van der Waals surface area contributed by atoms with Gasteiger partial charge in [-0.25, -0.2) is 4.79 Å². The van der Waals surface area contributed by atoms with Crippen molar-refractivity contribution < 1.29 is 43.0 Å². The number of carbonyl (C=O) groups is 6. The fraction of sp³-hybridized carbons (Fsp3) is 0.560. The molecular formula is C50H74N4O9Si. The number of aromatic hydroxyl groups is 1. The van der Waals surface area contributed by atoms with E-state index in [1.807, 2.05) is 30.3 Å². The highest BCUT2D eigenvalue weighted by Gasteiger charge is 2.39. The Hall–Kier alpha value is -5.24. The van der Waals surface area contributed by atoms with Gasteiger partial charge in [0.2, 0.25) is 31.9 Å². The SMILES string of the molecule is CCCCCC/C=C\CC(=O)N[C@@H](Cc1ccc(O)cc1)C(=O)N[C@H](C(=O)C[C@@H]1/C=C/C(=O)N[C@@H](C(C)C)C(=O)N[C@@H](Cc2ccc(O[Si](C)(C)C(C)(C)C)cc2)C(=O)OC1)C(C)C. The molecule has 2 aromatic carbocycles. The number of phenolic OH excluding ortho intramolecular Hbond substituents is 1. The predicted octanol–water partition coefficient (Wildman–Crippen LogP) is 7.42. The zero-order valence-corrected chi connectivity index (χ0v) is 40.8. The summed E-state index contributed by atoms with van der Waals surface area (Å²) in [5.74, 6) is -3.76. The monoisotopic (exact) mass is 903 g/mol. The van der Waals surface area contributed by atoms with Crippen molar-refractivity contribution in [3.05, 3.63) is 84.0 Å². The number of allylic oxidation sites excluding steroid dienone is 1. The minimum Gasteiger partial charge on any atom is -0.544 e. The number of ether oxygens (including phenoxy) is 1. The molecule has 5 atom stereocenters. The fourth-order valence-corrected chi connectivity index (χ4v) is 7.88. The summed E-state index contributed by atoms with van der Waals surface area (Å²) in [6.45, 7) is 19.8. The lowest BCUT2D eigenvalue weighted by molar-refractivity contribution is -0.149. The van der Waals surface area contributed by atoms with Gasteiger partial charge in [-0.1, -0.05) is 117 Å². The first-order valence-electron chi connectivity index (χ1n) is 22.9. The van der Waals surface area contributed by atoms with E-state index in [1.165, 1.54) is 24.3 Å². The summed E-state index contributed by atoms with van der Waals surface area (Å²) in [6, 6.07) is 9.63. The van der Waals surface area contributed by atoms with Gasteiger partial charge in [0.25, 0.3) is 0 Å². The van der Waals surface area contributed by atoms with Gasteiger partial charge in [0, 0.05) is 31.6 Å². The van der Waals surface area contributed by atoms with Gasteiger partial charge in [0.15, 0.2) is 5.78 Å². The molecule has 0 spiro atoms. The third-order valence-corrected chi connectivity index (χ3v) is 16.2. The molecule has 0 aliphatic carbocycles. The van der Waals surface area contributed by atoms with Crippen molar-refractivity contribution >= 4 is 43.7 Å². The molecule has 4 amide bonds. The largest absolute Gasteiger partial charge is 0.544 e. The molecule has 0 saturated carbocycles. The number of amides is 4. The molecule has 64 heavy (non-hydrogen) atoms. The number of phenols is 1. The van der Waals surface area contributed by atoms with Crippen LogP contribution in [0.25, 0.3) is 0 Å². The van der Waals surface area contributed by atoms with Crippen molar-refractivity contribution in [1.82, 2.24) is 21.3 Å². The van der Waals surface area contributed by atoms with Crippen LogP contribution in [0.1, 0.15) is 111 Å². The number of hydrogen-bond acceptors (Lipinski definition) is 9. The molecule has 13 nitrogen and oxygen atoms in total. The molecule has 14 heteroatoms. The van der Waals surface area contributed by atoms with Gasteiger partial charge in [-0.3, -0.25) is 24.0 Å². The van der Waals surface area contributed by atoms with Gasteiger partial charge < -0.3 is 35.5 Å². The number of nitrogens with one attached hydrogen (secondary N) is 4. The highest BCUT2D eigenvalue weighted by atomic mass is 28.4. The van der Waals surface area contributed by atoms with Gasteiger partial charge >= 0.3 is 5.97 Å². The second-order valence-corrected chi connectivity index (χ2v) is 23.9. The summed E-state index contributed by atoms with van der Waals surface area (Å²) in [4.78, 5) is 81.7. The summed E-state index contributed by atoms with van der Waals surface area (Å²) in [7, 11) is -2.10. The van der Waals surface area contributed by atoms with Crippen LogP contribution in [0.3, 0.4) is 0 Å². The van der Waals surface area contributed by atoms with Crippen LogP contribution in [0.15, 0.2) is 72.8 Å². The topological polar surface area (TPSA) is 189 Å². The third-order valence-electron chi connectivity index (χ3n) is 11.8. The fourth-order valence-electron chi connectivity index (χ4n) is 6.85. The van der Waals surface area contributed by atoms with Gasteiger partial charge in [0.1, 0.15) is 29.6 Å². The number of esters is 1. The Labute approximate surface area is 382 Å². The number of ketones is 1. The Balaban J connectivity index is 1.81. The molecule has 0 saturated heterocycles. The van der Waals surface area contributed by atoms with Gasteiger partial charge in [-0.15, -0.1) is 0 Å². The van der Waals surface area contributed by atoms with Crippen molar-refractivity contribution in [2.75, 3.05) is 6.61 Å². The van der Waals surface area contributed by atoms with E-state index in [9.17, 15) is 33.9 Å². The summed E-state index contributed by atoms with van der Waals surface area (Å²) >= 11 is 0. The van der Waals surface area contributed by atoms with Crippen molar-refractivity contribution in [3.8, 4) is 11.5 Å². The number of rotatable bonds is 21. The molecule has 1 aliphatic rings. The van der Waals surface area contributed by atoms with Crippen LogP contribution in [0, 0.1) is 17.8 Å². The lowest BCUT2D eigenvalue weighted by atomic mass is 9.91. The molecule has 5 N–H and O–H groups in total. The zero-order chi connectivity index (χ0) is 47.6. The molecule has 3 rings (SSSR count). The van der Waals surface area contributed by atoms with E-state index in [2.05, 4.69) is 62.1 Å². The number of carbonyl (C=O) groups excluding carboxylic acids is 6. The van der Waals surface area contributed by atoms with E-state index in [0.29, 0.717) is 11.3 Å². The average molecular weight is 903 g/mol. The molecule has 2 aromatic rings. The molecule has 1 aliphatic heterocycles. The van der Waals surface area contributed by atoms with Crippen molar-refractivity contribution in [2.24, 2.45) is 17.8 Å². The Morgan fingerprint density at radius 2 is 1.56 bits per heavy atom. The number of hydrogen-bond donors (Lipinski definition) is 5.